The largest absolute Gasteiger partial charge is 0.356 e. The molecule has 20 heavy (non-hydrogen) atoms. The molecule has 2 aliphatic rings. The van der Waals surface area contributed by atoms with Gasteiger partial charge in [-0.2, -0.15) is 0 Å². The van der Waals surface area contributed by atoms with E-state index in [1.807, 2.05) is 11.3 Å². The van der Waals surface area contributed by atoms with Crippen molar-refractivity contribution >= 4 is 27.4 Å². The lowest BCUT2D eigenvalue weighted by molar-refractivity contribution is 0.554. The lowest BCUT2D eigenvalue weighted by Crippen LogP contribution is -2.28. The molecule has 1 saturated heterocycles. The van der Waals surface area contributed by atoms with Gasteiger partial charge in [0, 0.05) is 18.0 Å². The lowest BCUT2D eigenvalue weighted by atomic mass is 10.1. The standard InChI is InChI=1S/C16H21N3S/c1-2-4-9-19(10-5-3-1)15-14-12-7-6-8-13(12)20-16(14)18-11-17-15/h11H,1-10H2. The van der Waals surface area contributed by atoms with Gasteiger partial charge in [0.2, 0.25) is 0 Å². The second kappa shape index (κ2) is 5.32. The Hall–Kier alpha value is -1.16. The van der Waals surface area contributed by atoms with Crippen LogP contribution in [0.2, 0.25) is 0 Å². The molecule has 0 saturated carbocycles. The molecule has 2 aromatic heterocycles. The van der Waals surface area contributed by atoms with E-state index in [1.54, 1.807) is 16.8 Å². The summed E-state index contributed by atoms with van der Waals surface area (Å²) >= 11 is 1.90. The summed E-state index contributed by atoms with van der Waals surface area (Å²) in [4.78, 5) is 14.5. The van der Waals surface area contributed by atoms with E-state index in [4.69, 9.17) is 0 Å². The minimum atomic E-state index is 1.16. The highest BCUT2D eigenvalue weighted by Crippen LogP contribution is 2.40. The summed E-state index contributed by atoms with van der Waals surface area (Å²) in [6, 6.07) is 0. The lowest BCUT2D eigenvalue weighted by Gasteiger charge is -2.26. The Labute approximate surface area is 124 Å². The second-order valence-electron chi connectivity index (χ2n) is 5.99. The first-order valence-electron chi connectivity index (χ1n) is 7.94. The smallest absolute Gasteiger partial charge is 0.141 e. The predicted molar refractivity (Wildman–Crippen MR) is 84.7 cm³/mol. The number of rotatable bonds is 1. The first kappa shape index (κ1) is 12.6. The van der Waals surface area contributed by atoms with Gasteiger partial charge in [0.1, 0.15) is 17.0 Å². The molecule has 0 spiro atoms. The molecule has 0 unspecified atom stereocenters. The maximum atomic E-state index is 4.67. The summed E-state index contributed by atoms with van der Waals surface area (Å²) in [6.45, 7) is 2.33. The van der Waals surface area contributed by atoms with Crippen molar-refractivity contribution in [2.75, 3.05) is 18.0 Å². The molecule has 0 aromatic carbocycles. The number of anilines is 1. The molecular weight excluding hydrogens is 266 g/mol. The van der Waals surface area contributed by atoms with E-state index in [0.717, 1.165) is 13.1 Å². The quantitative estimate of drug-likeness (QED) is 0.795. The summed E-state index contributed by atoms with van der Waals surface area (Å²) in [5.74, 6) is 1.22. The summed E-state index contributed by atoms with van der Waals surface area (Å²) in [5, 5.41) is 1.38. The number of aryl methyl sites for hydroxylation is 2. The Balaban J connectivity index is 1.78. The van der Waals surface area contributed by atoms with Gasteiger partial charge in [-0.25, -0.2) is 9.97 Å². The Kier molecular flexibility index (Phi) is 3.34. The van der Waals surface area contributed by atoms with Crippen LogP contribution < -0.4 is 4.90 Å². The number of aromatic nitrogens is 2. The zero-order chi connectivity index (χ0) is 13.4. The first-order chi connectivity index (χ1) is 9.93. The third-order valence-corrected chi connectivity index (χ3v) is 5.84. The van der Waals surface area contributed by atoms with Gasteiger partial charge >= 0.3 is 0 Å². The molecule has 106 valence electrons. The van der Waals surface area contributed by atoms with Crippen molar-refractivity contribution in [3.05, 3.63) is 16.8 Å². The van der Waals surface area contributed by atoms with Gasteiger partial charge in [0.05, 0.1) is 5.39 Å². The molecule has 0 bridgehead atoms. The van der Waals surface area contributed by atoms with E-state index in [1.165, 1.54) is 67.4 Å². The van der Waals surface area contributed by atoms with Gasteiger partial charge in [-0.05, 0) is 37.7 Å². The molecule has 1 fully saturated rings. The van der Waals surface area contributed by atoms with E-state index < -0.39 is 0 Å². The van der Waals surface area contributed by atoms with Gasteiger partial charge in [-0.15, -0.1) is 11.3 Å². The third kappa shape index (κ3) is 2.10. The maximum Gasteiger partial charge on any atom is 0.141 e. The number of hydrogen-bond acceptors (Lipinski definition) is 4. The fourth-order valence-electron chi connectivity index (χ4n) is 3.61. The predicted octanol–water partition coefficient (Wildman–Crippen LogP) is 3.95. The second-order valence-corrected chi connectivity index (χ2v) is 7.07. The van der Waals surface area contributed by atoms with Crippen LogP contribution in [0.1, 0.15) is 49.0 Å². The van der Waals surface area contributed by atoms with Crippen molar-refractivity contribution in [2.45, 2.75) is 51.4 Å². The van der Waals surface area contributed by atoms with Crippen LogP contribution in [0.25, 0.3) is 10.2 Å². The van der Waals surface area contributed by atoms with Crippen molar-refractivity contribution in [3.8, 4) is 0 Å². The van der Waals surface area contributed by atoms with Crippen LogP contribution in [-0.2, 0) is 12.8 Å². The van der Waals surface area contributed by atoms with Crippen LogP contribution in [0, 0.1) is 0 Å². The highest BCUT2D eigenvalue weighted by atomic mass is 32.1. The average Bonchev–Trinajstić information content (AvgIpc) is 2.98. The van der Waals surface area contributed by atoms with E-state index >= 15 is 0 Å². The van der Waals surface area contributed by atoms with Crippen LogP contribution in [0.5, 0.6) is 0 Å². The van der Waals surface area contributed by atoms with E-state index in [2.05, 4.69) is 14.9 Å². The molecule has 1 aliphatic carbocycles. The van der Waals surface area contributed by atoms with Crippen molar-refractivity contribution < 1.29 is 0 Å². The van der Waals surface area contributed by atoms with Crippen molar-refractivity contribution in [3.63, 3.8) is 0 Å². The minimum absolute atomic E-state index is 1.16. The minimum Gasteiger partial charge on any atom is -0.356 e. The Bertz CT molecular complexity index is 611. The Morgan fingerprint density at radius 3 is 2.55 bits per heavy atom. The van der Waals surface area contributed by atoms with Crippen LogP contribution in [0.15, 0.2) is 6.33 Å². The molecule has 2 aromatic rings. The molecule has 3 heterocycles. The maximum absolute atomic E-state index is 4.67. The third-order valence-electron chi connectivity index (χ3n) is 4.64. The Morgan fingerprint density at radius 2 is 1.70 bits per heavy atom. The normalized spacial score (nSPS) is 19.9. The fraction of sp³-hybridized carbons (Fsp3) is 0.625. The molecule has 3 nitrogen and oxygen atoms in total. The molecule has 4 heteroatoms. The van der Waals surface area contributed by atoms with Crippen LogP contribution >= 0.6 is 11.3 Å². The van der Waals surface area contributed by atoms with Gasteiger partial charge in [-0.3, -0.25) is 0 Å². The molecule has 0 amide bonds. The van der Waals surface area contributed by atoms with Gasteiger partial charge in [-0.1, -0.05) is 19.3 Å². The topological polar surface area (TPSA) is 29.0 Å². The number of hydrogen-bond donors (Lipinski definition) is 0. The molecular formula is C16H21N3S. The van der Waals surface area contributed by atoms with Gasteiger partial charge in [0.15, 0.2) is 0 Å². The Morgan fingerprint density at radius 1 is 0.900 bits per heavy atom. The zero-order valence-electron chi connectivity index (χ0n) is 11.9. The fourth-order valence-corrected chi connectivity index (χ4v) is 4.83. The monoisotopic (exact) mass is 287 g/mol. The van der Waals surface area contributed by atoms with E-state index in [0.29, 0.717) is 0 Å². The summed E-state index contributed by atoms with van der Waals surface area (Å²) in [5.41, 5.74) is 1.56. The zero-order valence-corrected chi connectivity index (χ0v) is 12.7. The molecule has 1 aliphatic heterocycles. The number of thiophene rings is 1. The van der Waals surface area contributed by atoms with Gasteiger partial charge < -0.3 is 4.90 Å². The average molecular weight is 287 g/mol. The number of fused-ring (bicyclic) bond motifs is 3. The summed E-state index contributed by atoms with van der Waals surface area (Å²) < 4.78 is 0. The van der Waals surface area contributed by atoms with E-state index in [9.17, 15) is 0 Å². The van der Waals surface area contributed by atoms with Crippen LogP contribution in [-0.4, -0.2) is 23.1 Å². The first-order valence-corrected chi connectivity index (χ1v) is 8.75. The molecule has 0 radical (unpaired) electrons. The summed E-state index contributed by atoms with van der Waals surface area (Å²) in [6.07, 6.45) is 12.3. The van der Waals surface area contributed by atoms with Crippen LogP contribution in [0.4, 0.5) is 5.82 Å². The van der Waals surface area contributed by atoms with Crippen molar-refractivity contribution in [1.82, 2.24) is 9.97 Å². The van der Waals surface area contributed by atoms with Crippen LogP contribution in [0.3, 0.4) is 0 Å². The van der Waals surface area contributed by atoms with E-state index in [-0.39, 0.29) is 0 Å². The summed E-state index contributed by atoms with van der Waals surface area (Å²) in [7, 11) is 0. The molecule has 4 rings (SSSR count). The van der Waals surface area contributed by atoms with Crippen molar-refractivity contribution in [1.29, 1.82) is 0 Å². The highest BCUT2D eigenvalue weighted by molar-refractivity contribution is 7.19. The number of nitrogens with zero attached hydrogens (tertiary/aromatic N) is 3. The highest BCUT2D eigenvalue weighted by Gasteiger charge is 2.23. The molecule has 0 atom stereocenters. The van der Waals surface area contributed by atoms with Gasteiger partial charge in [0.25, 0.3) is 0 Å². The molecule has 0 N–H and O–H groups in total. The van der Waals surface area contributed by atoms with Crippen molar-refractivity contribution in [2.24, 2.45) is 0 Å². The SMILES string of the molecule is c1nc(N2CCCCCCC2)c2c3c(sc2n1)CCC3.